The first-order valence-corrected chi connectivity index (χ1v) is 6.06. The zero-order valence-electron chi connectivity index (χ0n) is 11.3. The molecule has 1 amide bonds. The number of benzene rings is 1. The van der Waals surface area contributed by atoms with Crippen molar-refractivity contribution < 1.29 is 4.79 Å². The van der Waals surface area contributed by atoms with Crippen LogP contribution in [0, 0.1) is 13.8 Å². The van der Waals surface area contributed by atoms with Crippen molar-refractivity contribution in [1.29, 1.82) is 0 Å². The van der Waals surface area contributed by atoms with Crippen LogP contribution in [0.4, 0.5) is 11.5 Å². The average molecular weight is 255 g/mol. The number of aromatic nitrogens is 1. The van der Waals surface area contributed by atoms with Gasteiger partial charge in [-0.1, -0.05) is 17.7 Å². The predicted molar refractivity (Wildman–Crippen MR) is 77.3 cm³/mol. The van der Waals surface area contributed by atoms with Gasteiger partial charge in [0.05, 0.1) is 11.9 Å². The van der Waals surface area contributed by atoms with Crippen LogP contribution in [-0.4, -0.2) is 17.9 Å². The average Bonchev–Trinajstić information content (AvgIpc) is 2.41. The number of aryl methyl sites for hydroxylation is 2. The van der Waals surface area contributed by atoms with Crippen LogP contribution in [0.1, 0.15) is 21.5 Å². The molecule has 0 saturated heterocycles. The van der Waals surface area contributed by atoms with E-state index in [1.165, 1.54) is 4.90 Å². The van der Waals surface area contributed by atoms with Crippen molar-refractivity contribution in [3.05, 3.63) is 53.2 Å². The highest BCUT2D eigenvalue weighted by atomic mass is 16.2. The van der Waals surface area contributed by atoms with Crippen LogP contribution in [0.3, 0.4) is 0 Å². The molecule has 4 heteroatoms. The van der Waals surface area contributed by atoms with E-state index in [2.05, 4.69) is 4.98 Å². The largest absolute Gasteiger partial charge is 0.397 e. The summed E-state index contributed by atoms with van der Waals surface area (Å²) in [5.41, 5.74) is 8.89. The smallest absolute Gasteiger partial charge is 0.259 e. The fourth-order valence-corrected chi connectivity index (χ4v) is 1.85. The second-order valence-corrected chi connectivity index (χ2v) is 4.63. The molecule has 0 radical (unpaired) electrons. The Labute approximate surface area is 112 Å². The highest BCUT2D eigenvalue weighted by Gasteiger charge is 2.16. The number of carbonyl (C=O) groups excluding carboxylic acids is 1. The third-order valence-electron chi connectivity index (χ3n) is 3.04. The van der Waals surface area contributed by atoms with Crippen LogP contribution >= 0.6 is 0 Å². The molecule has 0 saturated carbocycles. The van der Waals surface area contributed by atoms with E-state index in [0.29, 0.717) is 17.1 Å². The lowest BCUT2D eigenvalue weighted by molar-refractivity contribution is 0.0991. The van der Waals surface area contributed by atoms with Crippen LogP contribution in [0.25, 0.3) is 0 Å². The molecule has 0 unspecified atom stereocenters. The van der Waals surface area contributed by atoms with Gasteiger partial charge in [0.15, 0.2) is 0 Å². The monoisotopic (exact) mass is 255 g/mol. The highest BCUT2D eigenvalue weighted by Crippen LogP contribution is 2.17. The van der Waals surface area contributed by atoms with Crippen LogP contribution < -0.4 is 10.6 Å². The van der Waals surface area contributed by atoms with Gasteiger partial charge in [0.25, 0.3) is 5.91 Å². The normalized spacial score (nSPS) is 10.3. The number of hydrogen-bond acceptors (Lipinski definition) is 3. The molecule has 1 aromatic carbocycles. The van der Waals surface area contributed by atoms with Crippen molar-refractivity contribution in [2.45, 2.75) is 13.8 Å². The number of rotatable bonds is 2. The number of anilines is 2. The minimum absolute atomic E-state index is 0.0709. The Kier molecular flexibility index (Phi) is 3.51. The third-order valence-corrected chi connectivity index (χ3v) is 3.04. The van der Waals surface area contributed by atoms with Gasteiger partial charge in [-0.05, 0) is 37.6 Å². The summed E-state index contributed by atoms with van der Waals surface area (Å²) in [4.78, 5) is 18.1. The van der Waals surface area contributed by atoms with Crippen LogP contribution in [0.2, 0.25) is 0 Å². The number of amides is 1. The molecule has 0 aliphatic heterocycles. The lowest BCUT2D eigenvalue weighted by Crippen LogP contribution is -2.27. The van der Waals surface area contributed by atoms with E-state index in [1.54, 1.807) is 25.4 Å². The van der Waals surface area contributed by atoms with E-state index in [0.717, 1.165) is 11.1 Å². The maximum Gasteiger partial charge on any atom is 0.259 e. The van der Waals surface area contributed by atoms with E-state index in [-0.39, 0.29) is 5.91 Å². The first kappa shape index (κ1) is 13.1. The van der Waals surface area contributed by atoms with Gasteiger partial charge in [-0.3, -0.25) is 9.69 Å². The van der Waals surface area contributed by atoms with Gasteiger partial charge in [-0.15, -0.1) is 0 Å². The molecular weight excluding hydrogens is 238 g/mol. The first-order chi connectivity index (χ1) is 8.99. The molecule has 2 N–H and O–H groups in total. The molecule has 98 valence electrons. The van der Waals surface area contributed by atoms with E-state index >= 15 is 0 Å². The molecule has 0 aliphatic rings. The summed E-state index contributed by atoms with van der Waals surface area (Å²) < 4.78 is 0. The summed E-state index contributed by atoms with van der Waals surface area (Å²) in [5, 5.41) is 0. The SMILES string of the molecule is Cc1ccc(C)c(C(=O)N(C)c2ccc(N)cn2)c1. The van der Waals surface area contributed by atoms with Crippen molar-refractivity contribution in [1.82, 2.24) is 4.98 Å². The fourth-order valence-electron chi connectivity index (χ4n) is 1.85. The van der Waals surface area contributed by atoms with Crippen molar-refractivity contribution in [3.63, 3.8) is 0 Å². The van der Waals surface area contributed by atoms with Gasteiger partial charge in [0.2, 0.25) is 0 Å². The molecule has 2 aromatic rings. The van der Waals surface area contributed by atoms with Crippen LogP contribution in [-0.2, 0) is 0 Å². The summed E-state index contributed by atoms with van der Waals surface area (Å²) in [6.07, 6.45) is 1.54. The van der Waals surface area contributed by atoms with Crippen molar-refractivity contribution in [2.24, 2.45) is 0 Å². The maximum atomic E-state index is 12.5. The number of carbonyl (C=O) groups is 1. The molecule has 1 heterocycles. The molecule has 2 rings (SSSR count). The summed E-state index contributed by atoms with van der Waals surface area (Å²) >= 11 is 0. The maximum absolute atomic E-state index is 12.5. The summed E-state index contributed by atoms with van der Waals surface area (Å²) in [6, 6.07) is 9.31. The molecular formula is C15H17N3O. The second kappa shape index (κ2) is 5.10. The molecule has 1 aromatic heterocycles. The van der Waals surface area contributed by atoms with Gasteiger partial charge < -0.3 is 5.73 Å². The number of nitrogens with two attached hydrogens (primary N) is 1. The molecule has 0 aliphatic carbocycles. The molecule has 0 bridgehead atoms. The zero-order valence-corrected chi connectivity index (χ0v) is 11.3. The number of pyridine rings is 1. The van der Waals surface area contributed by atoms with Gasteiger partial charge in [0, 0.05) is 12.6 Å². The molecule has 19 heavy (non-hydrogen) atoms. The Balaban J connectivity index is 2.33. The summed E-state index contributed by atoms with van der Waals surface area (Å²) in [5.74, 6) is 0.513. The fraction of sp³-hybridized carbons (Fsp3) is 0.200. The van der Waals surface area contributed by atoms with Crippen molar-refractivity contribution in [3.8, 4) is 0 Å². The molecule has 0 atom stereocenters. The Hall–Kier alpha value is -2.36. The van der Waals surface area contributed by atoms with E-state index in [1.807, 2.05) is 32.0 Å². The first-order valence-electron chi connectivity index (χ1n) is 6.06. The van der Waals surface area contributed by atoms with E-state index < -0.39 is 0 Å². The standard InChI is InChI=1S/C15H17N3O/c1-10-4-5-11(2)13(8-10)15(19)18(3)14-7-6-12(16)9-17-14/h4-9H,16H2,1-3H3. The van der Waals surface area contributed by atoms with Crippen LogP contribution in [0.15, 0.2) is 36.5 Å². The van der Waals surface area contributed by atoms with E-state index in [9.17, 15) is 4.79 Å². The number of nitrogens with zero attached hydrogens (tertiary/aromatic N) is 2. The van der Waals surface area contributed by atoms with Gasteiger partial charge in [-0.2, -0.15) is 0 Å². The highest BCUT2D eigenvalue weighted by molar-refractivity contribution is 6.06. The summed E-state index contributed by atoms with van der Waals surface area (Å²) in [7, 11) is 1.71. The lowest BCUT2D eigenvalue weighted by Gasteiger charge is -2.17. The summed E-state index contributed by atoms with van der Waals surface area (Å²) in [6.45, 7) is 3.90. The quantitative estimate of drug-likeness (QED) is 0.897. The van der Waals surface area contributed by atoms with Crippen LogP contribution in [0.5, 0.6) is 0 Å². The van der Waals surface area contributed by atoms with E-state index in [4.69, 9.17) is 5.73 Å². The Bertz CT molecular complexity index is 605. The molecule has 0 spiro atoms. The van der Waals surface area contributed by atoms with Gasteiger partial charge >= 0.3 is 0 Å². The number of hydrogen-bond donors (Lipinski definition) is 1. The Morgan fingerprint density at radius 1 is 1.21 bits per heavy atom. The van der Waals surface area contributed by atoms with Crippen molar-refractivity contribution in [2.75, 3.05) is 17.7 Å². The van der Waals surface area contributed by atoms with Gasteiger partial charge in [0.1, 0.15) is 5.82 Å². The molecule has 4 nitrogen and oxygen atoms in total. The third kappa shape index (κ3) is 2.73. The minimum atomic E-state index is -0.0709. The minimum Gasteiger partial charge on any atom is -0.397 e. The zero-order chi connectivity index (χ0) is 14.0. The molecule has 0 fully saturated rings. The van der Waals surface area contributed by atoms with Gasteiger partial charge in [-0.25, -0.2) is 4.98 Å². The predicted octanol–water partition coefficient (Wildman–Crippen LogP) is 2.56. The Morgan fingerprint density at radius 2 is 1.95 bits per heavy atom. The number of nitrogen functional groups attached to an aromatic ring is 1. The topological polar surface area (TPSA) is 59.2 Å². The second-order valence-electron chi connectivity index (χ2n) is 4.63. The lowest BCUT2D eigenvalue weighted by atomic mass is 10.0. The Morgan fingerprint density at radius 3 is 2.58 bits per heavy atom. The van der Waals surface area contributed by atoms with Crippen molar-refractivity contribution >= 4 is 17.4 Å².